The lowest BCUT2D eigenvalue weighted by Gasteiger charge is -2.41. The van der Waals surface area contributed by atoms with Gasteiger partial charge in [-0.1, -0.05) is 0 Å². The predicted octanol–water partition coefficient (Wildman–Crippen LogP) is 0.921. The SMILES string of the molecule is COC1(Cc2ccncc2C)CNC1. The van der Waals surface area contributed by atoms with E-state index in [1.165, 1.54) is 11.1 Å². The maximum atomic E-state index is 5.55. The summed E-state index contributed by atoms with van der Waals surface area (Å²) in [5, 5.41) is 3.25. The lowest BCUT2D eigenvalue weighted by molar-refractivity contribution is -0.0503. The zero-order chi connectivity index (χ0) is 10.0. The Bertz CT molecular complexity index is 315. The van der Waals surface area contributed by atoms with Crippen molar-refractivity contribution in [1.82, 2.24) is 10.3 Å². The van der Waals surface area contributed by atoms with Crippen molar-refractivity contribution in [2.75, 3.05) is 20.2 Å². The van der Waals surface area contributed by atoms with Crippen molar-refractivity contribution in [1.29, 1.82) is 0 Å². The van der Waals surface area contributed by atoms with Crippen LogP contribution in [0.1, 0.15) is 11.1 Å². The highest BCUT2D eigenvalue weighted by molar-refractivity contribution is 5.24. The van der Waals surface area contributed by atoms with E-state index in [0.29, 0.717) is 0 Å². The monoisotopic (exact) mass is 192 g/mol. The van der Waals surface area contributed by atoms with Crippen molar-refractivity contribution in [3.8, 4) is 0 Å². The van der Waals surface area contributed by atoms with Crippen molar-refractivity contribution < 1.29 is 4.74 Å². The average Bonchev–Trinajstić information content (AvgIpc) is 2.14. The molecule has 1 saturated heterocycles. The zero-order valence-electron chi connectivity index (χ0n) is 8.71. The number of hydrogen-bond acceptors (Lipinski definition) is 3. The first-order valence-corrected chi connectivity index (χ1v) is 4.91. The number of methoxy groups -OCH3 is 1. The molecule has 0 unspecified atom stereocenters. The van der Waals surface area contributed by atoms with Crippen LogP contribution in [0.15, 0.2) is 18.5 Å². The number of ether oxygens (including phenoxy) is 1. The summed E-state index contributed by atoms with van der Waals surface area (Å²) < 4.78 is 5.55. The van der Waals surface area contributed by atoms with Gasteiger partial charge in [0.15, 0.2) is 0 Å². The van der Waals surface area contributed by atoms with Crippen LogP contribution in [0.5, 0.6) is 0 Å². The van der Waals surface area contributed by atoms with Gasteiger partial charge in [-0.15, -0.1) is 0 Å². The van der Waals surface area contributed by atoms with Crippen LogP contribution in [-0.4, -0.2) is 30.8 Å². The average molecular weight is 192 g/mol. The van der Waals surface area contributed by atoms with E-state index in [1.54, 1.807) is 7.11 Å². The van der Waals surface area contributed by atoms with Crippen molar-refractivity contribution >= 4 is 0 Å². The van der Waals surface area contributed by atoms with Gasteiger partial charge in [-0.25, -0.2) is 0 Å². The first kappa shape index (κ1) is 9.62. The van der Waals surface area contributed by atoms with E-state index in [4.69, 9.17) is 4.74 Å². The molecule has 0 radical (unpaired) electrons. The van der Waals surface area contributed by atoms with Gasteiger partial charge in [0, 0.05) is 39.0 Å². The second kappa shape index (κ2) is 3.67. The van der Waals surface area contributed by atoms with Gasteiger partial charge in [-0.05, 0) is 24.1 Å². The normalized spacial score (nSPS) is 19.0. The van der Waals surface area contributed by atoms with Gasteiger partial charge < -0.3 is 10.1 Å². The molecule has 76 valence electrons. The molecule has 1 aliphatic heterocycles. The van der Waals surface area contributed by atoms with E-state index >= 15 is 0 Å². The van der Waals surface area contributed by atoms with Gasteiger partial charge in [0.25, 0.3) is 0 Å². The van der Waals surface area contributed by atoms with Gasteiger partial charge in [0.05, 0.1) is 5.60 Å². The van der Waals surface area contributed by atoms with Crippen LogP contribution in [0.4, 0.5) is 0 Å². The summed E-state index contributed by atoms with van der Waals surface area (Å²) in [5.41, 5.74) is 2.60. The van der Waals surface area contributed by atoms with Gasteiger partial charge in [-0.3, -0.25) is 4.98 Å². The molecule has 0 aliphatic carbocycles. The third-order valence-corrected chi connectivity index (χ3v) is 2.98. The lowest BCUT2D eigenvalue weighted by atomic mass is 9.88. The van der Waals surface area contributed by atoms with E-state index in [2.05, 4.69) is 23.3 Å². The van der Waals surface area contributed by atoms with Gasteiger partial charge >= 0.3 is 0 Å². The topological polar surface area (TPSA) is 34.1 Å². The summed E-state index contributed by atoms with van der Waals surface area (Å²) in [4.78, 5) is 4.09. The molecule has 14 heavy (non-hydrogen) atoms. The Morgan fingerprint density at radius 2 is 2.36 bits per heavy atom. The molecule has 0 aromatic carbocycles. The summed E-state index contributed by atoms with van der Waals surface area (Å²) in [7, 11) is 1.79. The molecule has 1 aromatic heterocycles. The van der Waals surface area contributed by atoms with Crippen molar-refractivity contribution in [2.45, 2.75) is 18.9 Å². The van der Waals surface area contributed by atoms with Crippen LogP contribution in [0.2, 0.25) is 0 Å². The van der Waals surface area contributed by atoms with E-state index in [9.17, 15) is 0 Å². The molecular formula is C11H16N2O. The molecule has 1 N–H and O–H groups in total. The van der Waals surface area contributed by atoms with Crippen LogP contribution in [-0.2, 0) is 11.2 Å². The quantitative estimate of drug-likeness (QED) is 0.773. The fourth-order valence-corrected chi connectivity index (χ4v) is 1.79. The maximum absolute atomic E-state index is 5.55. The Kier molecular flexibility index (Phi) is 2.52. The summed E-state index contributed by atoms with van der Waals surface area (Å²) in [6, 6.07) is 2.08. The first-order chi connectivity index (χ1) is 6.76. The Labute approximate surface area is 84.5 Å². The minimum Gasteiger partial charge on any atom is -0.375 e. The molecule has 3 nitrogen and oxygen atoms in total. The summed E-state index contributed by atoms with van der Waals surface area (Å²) >= 11 is 0. The first-order valence-electron chi connectivity index (χ1n) is 4.91. The third kappa shape index (κ3) is 1.65. The van der Waals surface area contributed by atoms with Gasteiger partial charge in [0.2, 0.25) is 0 Å². The number of aryl methyl sites for hydroxylation is 1. The van der Waals surface area contributed by atoms with Gasteiger partial charge in [0.1, 0.15) is 0 Å². The Morgan fingerprint density at radius 3 is 2.86 bits per heavy atom. The van der Waals surface area contributed by atoms with Crippen molar-refractivity contribution in [2.24, 2.45) is 0 Å². The standard InChI is InChI=1S/C11H16N2O/c1-9-6-12-4-3-10(9)5-11(14-2)7-13-8-11/h3-4,6,13H,5,7-8H2,1-2H3. The van der Waals surface area contributed by atoms with Crippen molar-refractivity contribution in [3.05, 3.63) is 29.6 Å². The molecule has 3 heteroatoms. The van der Waals surface area contributed by atoms with E-state index < -0.39 is 0 Å². The summed E-state index contributed by atoms with van der Waals surface area (Å²) in [5.74, 6) is 0. The molecule has 0 bridgehead atoms. The largest absolute Gasteiger partial charge is 0.375 e. The number of pyridine rings is 1. The molecule has 0 atom stereocenters. The lowest BCUT2D eigenvalue weighted by Crippen LogP contribution is -2.61. The second-order valence-corrected chi connectivity index (χ2v) is 3.97. The molecule has 2 rings (SSSR count). The van der Waals surface area contributed by atoms with E-state index in [-0.39, 0.29) is 5.60 Å². The Hall–Kier alpha value is -0.930. The number of nitrogens with zero attached hydrogens (tertiary/aromatic N) is 1. The molecule has 0 saturated carbocycles. The fourth-order valence-electron chi connectivity index (χ4n) is 1.79. The zero-order valence-corrected chi connectivity index (χ0v) is 8.71. The number of aromatic nitrogens is 1. The van der Waals surface area contributed by atoms with Crippen LogP contribution < -0.4 is 5.32 Å². The fraction of sp³-hybridized carbons (Fsp3) is 0.545. The molecule has 0 spiro atoms. The Balaban J connectivity index is 2.13. The van der Waals surface area contributed by atoms with E-state index in [1.807, 2.05) is 12.4 Å². The molecule has 1 aromatic rings. The Morgan fingerprint density at radius 1 is 1.57 bits per heavy atom. The number of hydrogen-bond donors (Lipinski definition) is 1. The molecule has 1 fully saturated rings. The van der Waals surface area contributed by atoms with Gasteiger partial charge in [-0.2, -0.15) is 0 Å². The number of nitrogens with one attached hydrogen (secondary N) is 1. The minimum absolute atomic E-state index is 0.0200. The van der Waals surface area contributed by atoms with Crippen molar-refractivity contribution in [3.63, 3.8) is 0 Å². The molecule has 0 amide bonds. The molecular weight excluding hydrogens is 176 g/mol. The minimum atomic E-state index is 0.0200. The highest BCUT2D eigenvalue weighted by Gasteiger charge is 2.37. The molecule has 1 aliphatic rings. The summed E-state index contributed by atoms with van der Waals surface area (Å²) in [6.07, 6.45) is 4.73. The number of rotatable bonds is 3. The van der Waals surface area contributed by atoms with Crippen LogP contribution in [0, 0.1) is 6.92 Å². The molecule has 2 heterocycles. The highest BCUT2D eigenvalue weighted by atomic mass is 16.5. The van der Waals surface area contributed by atoms with E-state index in [0.717, 1.165) is 19.5 Å². The predicted molar refractivity (Wildman–Crippen MR) is 55.3 cm³/mol. The second-order valence-electron chi connectivity index (χ2n) is 3.97. The summed E-state index contributed by atoms with van der Waals surface area (Å²) in [6.45, 7) is 3.99. The van der Waals surface area contributed by atoms with Crippen LogP contribution in [0.25, 0.3) is 0 Å². The van der Waals surface area contributed by atoms with Crippen LogP contribution in [0.3, 0.4) is 0 Å². The highest BCUT2D eigenvalue weighted by Crippen LogP contribution is 2.22. The third-order valence-electron chi connectivity index (χ3n) is 2.98. The smallest absolute Gasteiger partial charge is 0.0966 e. The van der Waals surface area contributed by atoms with Crippen LogP contribution >= 0.6 is 0 Å². The maximum Gasteiger partial charge on any atom is 0.0966 e.